The Labute approximate surface area is 307 Å². The van der Waals surface area contributed by atoms with Crippen LogP contribution in [0.3, 0.4) is 0 Å². The molecule has 3 aromatic carbocycles. The lowest BCUT2D eigenvalue weighted by molar-refractivity contribution is 1.13. The van der Waals surface area contributed by atoms with Crippen LogP contribution in [0, 0.1) is 85.9 Å². The number of aromatic nitrogens is 4. The SMILES string of the molecule is [C-]#[N+]c1cc(C#N)cc(/C(C#N)=C2\C(c3ncccn3)=C(C#N)c3cc4c(cc32)C(C#N)=C(c2ncccn2)/C4=C(/C#N)c2cc(C#N)cc(C#N)c2)c1. The predicted octanol–water partition coefficient (Wildman–Crippen LogP) is 7.20. The van der Waals surface area contributed by atoms with Gasteiger partial charge in [0.15, 0.2) is 17.3 Å². The fraction of sp³-hybridized carbons (Fsp3) is 0. The molecule has 0 radical (unpaired) electrons. The van der Waals surface area contributed by atoms with E-state index in [2.05, 4.69) is 49.1 Å². The molecule has 0 saturated carbocycles. The van der Waals surface area contributed by atoms with E-state index in [1.54, 1.807) is 24.3 Å². The quantitative estimate of drug-likeness (QED) is 0.136. The van der Waals surface area contributed by atoms with Crippen LogP contribution in [0.25, 0.3) is 49.4 Å². The molecule has 0 saturated heterocycles. The Morgan fingerprint density at radius 1 is 0.481 bits per heavy atom. The summed E-state index contributed by atoms with van der Waals surface area (Å²) in [6, 6.07) is 30.1. The Bertz CT molecular complexity index is 2730. The molecule has 0 bridgehead atoms. The van der Waals surface area contributed by atoms with Gasteiger partial charge in [-0.25, -0.2) is 24.8 Å². The fourth-order valence-electron chi connectivity index (χ4n) is 6.59. The molecule has 242 valence electrons. The van der Waals surface area contributed by atoms with Crippen molar-refractivity contribution in [3.8, 4) is 42.5 Å². The molecule has 12 nitrogen and oxygen atoms in total. The Morgan fingerprint density at radius 2 is 0.889 bits per heavy atom. The number of benzene rings is 3. The van der Waals surface area contributed by atoms with Crippen molar-refractivity contribution in [2.45, 2.75) is 0 Å². The molecule has 0 amide bonds. The van der Waals surface area contributed by atoms with E-state index in [4.69, 9.17) is 6.57 Å². The van der Waals surface area contributed by atoms with Crippen LogP contribution in [0.5, 0.6) is 0 Å². The van der Waals surface area contributed by atoms with Crippen molar-refractivity contribution in [1.82, 2.24) is 19.9 Å². The summed E-state index contributed by atoms with van der Waals surface area (Å²) in [5.74, 6) is 0.239. The molecule has 2 aromatic heterocycles. The molecular weight excluding hydrogens is 673 g/mol. The van der Waals surface area contributed by atoms with Crippen LogP contribution >= 0.6 is 0 Å². The third-order valence-electron chi connectivity index (χ3n) is 8.71. The smallest absolute Gasteiger partial charge is 0.189 e. The van der Waals surface area contributed by atoms with Gasteiger partial charge in [0.05, 0.1) is 58.2 Å². The predicted molar refractivity (Wildman–Crippen MR) is 194 cm³/mol. The summed E-state index contributed by atoms with van der Waals surface area (Å²) in [6.45, 7) is 7.61. The van der Waals surface area contributed by atoms with Crippen LogP contribution in [-0.4, -0.2) is 19.9 Å². The Hall–Kier alpha value is -9.30. The summed E-state index contributed by atoms with van der Waals surface area (Å²) < 4.78 is 0. The number of fused-ring (bicyclic) bond motifs is 2. The second kappa shape index (κ2) is 13.5. The van der Waals surface area contributed by atoms with Crippen molar-refractivity contribution in [2.75, 3.05) is 0 Å². The maximum Gasteiger partial charge on any atom is 0.189 e. The van der Waals surface area contributed by atoms with Crippen molar-refractivity contribution in [1.29, 1.82) is 36.8 Å². The summed E-state index contributed by atoms with van der Waals surface area (Å²) in [5, 5.41) is 72.4. The minimum absolute atomic E-state index is 0.0121. The van der Waals surface area contributed by atoms with Gasteiger partial charge >= 0.3 is 0 Å². The van der Waals surface area contributed by atoms with Crippen molar-refractivity contribution >= 4 is 50.3 Å². The number of rotatable bonds is 4. The molecule has 2 heterocycles. The minimum atomic E-state index is 0.0121. The van der Waals surface area contributed by atoms with E-state index in [1.165, 1.54) is 61.2 Å². The molecule has 0 fully saturated rings. The summed E-state index contributed by atoms with van der Waals surface area (Å²) in [7, 11) is 0. The van der Waals surface area contributed by atoms with Crippen molar-refractivity contribution in [3.05, 3.63) is 159 Å². The van der Waals surface area contributed by atoms with E-state index in [0.717, 1.165) is 0 Å². The van der Waals surface area contributed by atoms with E-state index in [1.807, 2.05) is 18.2 Å². The number of allylic oxidation sites excluding steroid dienone is 8. The molecule has 2 aliphatic carbocycles. The van der Waals surface area contributed by atoms with Gasteiger partial charge in [0, 0.05) is 63.8 Å². The fourth-order valence-corrected chi connectivity index (χ4v) is 6.59. The first-order valence-electron chi connectivity index (χ1n) is 15.6. The first-order valence-corrected chi connectivity index (χ1v) is 15.6. The average molecular weight is 687 g/mol. The van der Waals surface area contributed by atoms with Gasteiger partial charge in [0.25, 0.3) is 0 Å². The maximum atomic E-state index is 10.8. The zero-order chi connectivity index (χ0) is 37.9. The third-order valence-corrected chi connectivity index (χ3v) is 8.71. The monoisotopic (exact) mass is 686 g/mol. The van der Waals surface area contributed by atoms with E-state index in [0.29, 0.717) is 22.3 Å². The van der Waals surface area contributed by atoms with Gasteiger partial charge in [-0.15, -0.1) is 0 Å². The van der Waals surface area contributed by atoms with Crippen LogP contribution in [0.2, 0.25) is 0 Å². The lowest BCUT2D eigenvalue weighted by Crippen LogP contribution is -1.98. The molecule has 0 atom stereocenters. The number of hydrogen-bond acceptors (Lipinski definition) is 11. The minimum Gasteiger partial charge on any atom is -0.238 e. The zero-order valence-corrected chi connectivity index (χ0v) is 27.4. The summed E-state index contributed by atoms with van der Waals surface area (Å²) in [6.07, 6.45) is 5.93. The zero-order valence-electron chi connectivity index (χ0n) is 27.4. The topological polar surface area (TPSA) is 222 Å². The Kier molecular flexibility index (Phi) is 8.33. The highest BCUT2D eigenvalue weighted by Gasteiger charge is 2.38. The second-order valence-corrected chi connectivity index (χ2v) is 11.6. The highest BCUT2D eigenvalue weighted by atomic mass is 14.9. The van der Waals surface area contributed by atoms with Gasteiger partial charge in [-0.2, -0.15) is 36.8 Å². The lowest BCUT2D eigenvalue weighted by atomic mass is 9.88. The van der Waals surface area contributed by atoms with Crippen molar-refractivity contribution in [2.24, 2.45) is 0 Å². The normalized spacial score (nSPS) is 14.1. The van der Waals surface area contributed by atoms with Crippen LogP contribution < -0.4 is 0 Å². The van der Waals surface area contributed by atoms with E-state index in [-0.39, 0.29) is 89.7 Å². The van der Waals surface area contributed by atoms with Gasteiger partial charge in [-0.3, -0.25) is 0 Å². The molecule has 5 aromatic rings. The largest absolute Gasteiger partial charge is 0.238 e. The first kappa shape index (κ1) is 33.2. The van der Waals surface area contributed by atoms with Gasteiger partial charge in [0.1, 0.15) is 24.3 Å². The highest BCUT2D eigenvalue weighted by Crippen LogP contribution is 2.55. The summed E-state index contributed by atoms with van der Waals surface area (Å²) in [4.78, 5) is 21.1. The molecule has 7 rings (SSSR count). The molecule has 0 unspecified atom stereocenters. The van der Waals surface area contributed by atoms with Crippen LogP contribution in [-0.2, 0) is 0 Å². The molecule has 54 heavy (non-hydrogen) atoms. The van der Waals surface area contributed by atoms with Crippen LogP contribution in [0.1, 0.15) is 61.7 Å². The molecule has 0 aliphatic heterocycles. The molecule has 0 N–H and O–H groups in total. The number of nitrogens with zero attached hydrogens (tertiary/aromatic N) is 12. The first-order chi connectivity index (χ1) is 26.4. The molecular formula is C42H14N12. The van der Waals surface area contributed by atoms with Crippen LogP contribution in [0.15, 0.2) is 85.5 Å². The average Bonchev–Trinajstić information content (AvgIpc) is 3.72. The van der Waals surface area contributed by atoms with Gasteiger partial charge in [0.2, 0.25) is 0 Å². The van der Waals surface area contributed by atoms with Crippen LogP contribution in [0.4, 0.5) is 5.69 Å². The molecule has 12 heteroatoms. The number of nitriles is 7. The van der Waals surface area contributed by atoms with Gasteiger partial charge < -0.3 is 0 Å². The molecule has 2 aliphatic rings. The van der Waals surface area contributed by atoms with Crippen molar-refractivity contribution < 1.29 is 0 Å². The maximum absolute atomic E-state index is 10.8. The highest BCUT2D eigenvalue weighted by molar-refractivity contribution is 6.33. The lowest BCUT2D eigenvalue weighted by Gasteiger charge is -2.14. The van der Waals surface area contributed by atoms with Gasteiger partial charge in [-0.1, -0.05) is 0 Å². The standard InChI is InChI=1S/C42H14N12/c1-50-28-12-25(18-45)11-27(13-28)34(20-47)38-32-15-29-31(14-30(32)36(22-49)40(38)42-53-6-3-7-54-42)37(39(35(29)21-48)41-51-4-2-5-52-41)33(19-46)26-9-23(16-43)8-24(10-26)17-44/h2-15H/b37-33-,38-34-. The van der Waals surface area contributed by atoms with Crippen molar-refractivity contribution in [3.63, 3.8) is 0 Å². The van der Waals surface area contributed by atoms with E-state index in [9.17, 15) is 36.8 Å². The second-order valence-electron chi connectivity index (χ2n) is 11.6. The van der Waals surface area contributed by atoms with E-state index < -0.39 is 0 Å². The van der Waals surface area contributed by atoms with Gasteiger partial charge in [-0.05, 0) is 82.9 Å². The Morgan fingerprint density at radius 3 is 1.26 bits per heavy atom. The summed E-state index contributed by atoms with van der Waals surface area (Å²) >= 11 is 0. The number of hydrogen-bond donors (Lipinski definition) is 0. The molecule has 0 spiro atoms. The Balaban J connectivity index is 1.66. The van der Waals surface area contributed by atoms with E-state index >= 15 is 0 Å². The summed E-state index contributed by atoms with van der Waals surface area (Å²) in [5.41, 5.74) is 3.44. The third kappa shape index (κ3) is 5.27.